The van der Waals surface area contributed by atoms with E-state index in [1.54, 1.807) is 11.8 Å². The maximum Gasteiger partial charge on any atom is 0.246 e. The van der Waals surface area contributed by atoms with Crippen molar-refractivity contribution in [3.8, 4) is 0 Å². The summed E-state index contributed by atoms with van der Waals surface area (Å²) in [6.45, 7) is 5.74. The molecular weight excluding hydrogens is 429 g/mol. The van der Waals surface area contributed by atoms with Gasteiger partial charge in [-0.2, -0.15) is 0 Å². The summed E-state index contributed by atoms with van der Waals surface area (Å²) in [5.41, 5.74) is 2.40. The molecule has 2 aromatic carbocycles. The Morgan fingerprint density at radius 1 is 1.10 bits per heavy atom. The van der Waals surface area contributed by atoms with Crippen LogP contribution in [-0.2, 0) is 14.8 Å². The molecule has 0 bridgehead atoms. The van der Waals surface area contributed by atoms with Crippen molar-refractivity contribution in [1.29, 1.82) is 0 Å². The summed E-state index contributed by atoms with van der Waals surface area (Å²) in [5, 5.41) is 0.658. The second-order valence-corrected chi connectivity index (χ2v) is 9.75. The minimum Gasteiger partial charge on any atom is -0.368 e. The highest BCUT2D eigenvalue weighted by atomic mass is 35.5. The lowest BCUT2D eigenvalue weighted by Crippen LogP contribution is -2.55. The molecule has 0 N–H and O–H groups in total. The maximum atomic E-state index is 13.3. The molecule has 1 amide bonds. The summed E-state index contributed by atoms with van der Waals surface area (Å²) in [5.74, 6) is -0.758. The second-order valence-electron chi connectivity index (χ2n) is 7.45. The normalized spacial score (nSPS) is 15.8. The van der Waals surface area contributed by atoms with Crippen LogP contribution in [-0.4, -0.2) is 57.7 Å². The van der Waals surface area contributed by atoms with Crippen molar-refractivity contribution < 1.29 is 17.6 Å². The first-order valence-corrected chi connectivity index (χ1v) is 11.9. The van der Waals surface area contributed by atoms with Gasteiger partial charge in [-0.25, -0.2) is 12.8 Å². The van der Waals surface area contributed by atoms with Crippen LogP contribution in [0.3, 0.4) is 0 Å². The Balaban J connectivity index is 1.74. The van der Waals surface area contributed by atoms with Crippen LogP contribution in [0.5, 0.6) is 0 Å². The fourth-order valence-corrected chi connectivity index (χ4v) is 5.08. The summed E-state index contributed by atoms with van der Waals surface area (Å²) in [4.78, 5) is 16.9. The predicted molar refractivity (Wildman–Crippen MR) is 118 cm³/mol. The zero-order chi connectivity index (χ0) is 22.1. The third-order valence-corrected chi connectivity index (χ3v) is 6.73. The van der Waals surface area contributed by atoms with E-state index in [1.165, 1.54) is 24.3 Å². The highest BCUT2D eigenvalue weighted by molar-refractivity contribution is 7.92. The number of hydrogen-bond acceptors (Lipinski definition) is 4. The number of carbonyl (C=O) groups is 1. The summed E-state index contributed by atoms with van der Waals surface area (Å²) >= 11 is 6.13. The average Bonchev–Trinajstić information content (AvgIpc) is 2.70. The van der Waals surface area contributed by atoms with E-state index in [0.717, 1.165) is 21.8 Å². The molecule has 1 atom stereocenters. The zero-order valence-electron chi connectivity index (χ0n) is 17.2. The van der Waals surface area contributed by atoms with Crippen LogP contribution in [0.2, 0.25) is 5.02 Å². The average molecular weight is 454 g/mol. The molecular formula is C21H25ClFN3O3S. The third-order valence-electron chi connectivity index (χ3n) is 5.25. The van der Waals surface area contributed by atoms with Gasteiger partial charge in [-0.3, -0.25) is 9.10 Å². The Morgan fingerprint density at radius 2 is 1.70 bits per heavy atom. The van der Waals surface area contributed by atoms with Crippen LogP contribution in [0.4, 0.5) is 15.8 Å². The van der Waals surface area contributed by atoms with Gasteiger partial charge >= 0.3 is 0 Å². The van der Waals surface area contributed by atoms with Gasteiger partial charge in [0.2, 0.25) is 15.9 Å². The number of aryl methyl sites for hydroxylation is 1. The van der Waals surface area contributed by atoms with Crippen molar-refractivity contribution in [3.63, 3.8) is 0 Å². The smallest absolute Gasteiger partial charge is 0.246 e. The maximum absolute atomic E-state index is 13.3. The standard InChI is InChI=1S/C21H25ClFN3O3S/c1-15-4-5-17(22)14-20(15)24-10-12-25(13-11-24)21(27)16(2)26(30(3,28)29)19-8-6-18(23)7-9-19/h4-9,14,16H,10-13H2,1-3H3/t16-/m0/s1. The molecule has 0 unspecified atom stereocenters. The van der Waals surface area contributed by atoms with Crippen molar-refractivity contribution in [3.05, 3.63) is 58.9 Å². The van der Waals surface area contributed by atoms with Crippen LogP contribution < -0.4 is 9.21 Å². The summed E-state index contributed by atoms with van der Waals surface area (Å²) < 4.78 is 39.1. The van der Waals surface area contributed by atoms with Crippen molar-refractivity contribution in [2.75, 3.05) is 41.6 Å². The van der Waals surface area contributed by atoms with E-state index < -0.39 is 21.9 Å². The van der Waals surface area contributed by atoms with Gasteiger partial charge in [0.05, 0.1) is 11.9 Å². The molecule has 0 radical (unpaired) electrons. The quantitative estimate of drug-likeness (QED) is 0.697. The molecule has 2 aromatic rings. The van der Waals surface area contributed by atoms with Gasteiger partial charge in [-0.05, 0) is 55.8 Å². The molecule has 0 aliphatic carbocycles. The Hall–Kier alpha value is -2.32. The van der Waals surface area contributed by atoms with Crippen LogP contribution in [0.15, 0.2) is 42.5 Å². The van der Waals surface area contributed by atoms with Gasteiger partial charge in [0, 0.05) is 36.9 Å². The molecule has 0 saturated carbocycles. The van der Waals surface area contributed by atoms with E-state index in [1.807, 2.05) is 25.1 Å². The van der Waals surface area contributed by atoms with Crippen LogP contribution in [0.1, 0.15) is 12.5 Å². The van der Waals surface area contributed by atoms with E-state index in [-0.39, 0.29) is 11.6 Å². The fourth-order valence-electron chi connectivity index (χ4n) is 3.75. The summed E-state index contributed by atoms with van der Waals surface area (Å²) in [6, 6.07) is 9.86. The van der Waals surface area contributed by atoms with Gasteiger partial charge in [-0.1, -0.05) is 17.7 Å². The molecule has 1 heterocycles. The van der Waals surface area contributed by atoms with Gasteiger partial charge < -0.3 is 9.80 Å². The van der Waals surface area contributed by atoms with Gasteiger partial charge in [0.15, 0.2) is 0 Å². The number of halogens is 2. The van der Waals surface area contributed by atoms with Crippen LogP contribution in [0, 0.1) is 12.7 Å². The number of amides is 1. The fraction of sp³-hybridized carbons (Fsp3) is 0.381. The molecule has 0 aromatic heterocycles. The Labute approximate surface area is 181 Å². The third kappa shape index (κ3) is 4.87. The van der Waals surface area contributed by atoms with Gasteiger partial charge in [0.1, 0.15) is 11.9 Å². The minimum absolute atomic E-state index is 0.257. The number of piperazine rings is 1. The van der Waals surface area contributed by atoms with E-state index in [0.29, 0.717) is 31.2 Å². The van der Waals surface area contributed by atoms with Crippen LogP contribution >= 0.6 is 11.6 Å². The number of carbonyl (C=O) groups excluding carboxylic acids is 1. The van der Waals surface area contributed by atoms with E-state index in [2.05, 4.69) is 4.90 Å². The Kier molecular flexibility index (Phi) is 6.57. The van der Waals surface area contributed by atoms with E-state index in [9.17, 15) is 17.6 Å². The zero-order valence-corrected chi connectivity index (χ0v) is 18.8. The van der Waals surface area contributed by atoms with Crippen molar-refractivity contribution in [2.45, 2.75) is 19.9 Å². The number of benzene rings is 2. The molecule has 30 heavy (non-hydrogen) atoms. The van der Waals surface area contributed by atoms with Gasteiger partial charge in [-0.15, -0.1) is 0 Å². The molecule has 1 saturated heterocycles. The molecule has 0 spiro atoms. The number of hydrogen-bond donors (Lipinski definition) is 0. The van der Waals surface area contributed by atoms with Crippen molar-refractivity contribution in [2.24, 2.45) is 0 Å². The van der Waals surface area contributed by atoms with Crippen molar-refractivity contribution in [1.82, 2.24) is 4.90 Å². The predicted octanol–water partition coefficient (Wildman–Crippen LogP) is 3.29. The molecule has 1 aliphatic rings. The van der Waals surface area contributed by atoms with Gasteiger partial charge in [0.25, 0.3) is 0 Å². The number of sulfonamides is 1. The topological polar surface area (TPSA) is 60.9 Å². The summed E-state index contributed by atoms with van der Waals surface area (Å²) in [7, 11) is -3.74. The minimum atomic E-state index is -3.74. The van der Waals surface area contributed by atoms with E-state index in [4.69, 9.17) is 11.6 Å². The lowest BCUT2D eigenvalue weighted by Gasteiger charge is -2.39. The molecule has 1 fully saturated rings. The number of nitrogens with zero attached hydrogens (tertiary/aromatic N) is 3. The monoisotopic (exact) mass is 453 g/mol. The van der Waals surface area contributed by atoms with Crippen molar-refractivity contribution >= 4 is 38.9 Å². The Bertz CT molecular complexity index is 1020. The number of rotatable bonds is 5. The lowest BCUT2D eigenvalue weighted by molar-refractivity contribution is -0.132. The largest absolute Gasteiger partial charge is 0.368 e. The Morgan fingerprint density at radius 3 is 2.27 bits per heavy atom. The SMILES string of the molecule is Cc1ccc(Cl)cc1N1CCN(C(=O)[C@H](C)N(c2ccc(F)cc2)S(C)(=O)=O)CC1. The number of anilines is 2. The van der Waals surface area contributed by atoms with E-state index >= 15 is 0 Å². The first-order chi connectivity index (χ1) is 14.1. The molecule has 162 valence electrons. The molecule has 9 heteroatoms. The van der Waals surface area contributed by atoms with Crippen LogP contribution in [0.25, 0.3) is 0 Å². The highest BCUT2D eigenvalue weighted by Crippen LogP contribution is 2.26. The first kappa shape index (κ1) is 22.4. The molecule has 6 nitrogen and oxygen atoms in total. The second kappa shape index (κ2) is 8.81. The summed E-state index contributed by atoms with van der Waals surface area (Å²) in [6.07, 6.45) is 1.04. The molecule has 1 aliphatic heterocycles. The molecule has 3 rings (SSSR count). The lowest BCUT2D eigenvalue weighted by atomic mass is 10.1. The first-order valence-electron chi connectivity index (χ1n) is 9.63. The highest BCUT2D eigenvalue weighted by Gasteiger charge is 2.33.